The number of nitrogens with one attached hydrogen (secondary N) is 2. The van der Waals surface area contributed by atoms with Crippen molar-refractivity contribution in [3.63, 3.8) is 0 Å². The highest BCUT2D eigenvalue weighted by Gasteiger charge is 2.38. The maximum atomic E-state index is 11.8. The van der Waals surface area contributed by atoms with E-state index in [1.807, 2.05) is 5.32 Å². The number of carbonyl (C=O) groups is 1. The SMILES string of the molecule is Cl.O=C(NCC(O)C(F)(F)F)C1CNC1. The van der Waals surface area contributed by atoms with Crippen LogP contribution < -0.4 is 10.6 Å². The lowest BCUT2D eigenvalue weighted by Gasteiger charge is -2.26. The Hall–Kier alpha value is -0.530. The molecule has 0 spiro atoms. The average molecular weight is 249 g/mol. The topological polar surface area (TPSA) is 61.4 Å². The van der Waals surface area contributed by atoms with Crippen molar-refractivity contribution in [1.29, 1.82) is 0 Å². The van der Waals surface area contributed by atoms with E-state index in [9.17, 15) is 18.0 Å². The summed E-state index contributed by atoms with van der Waals surface area (Å²) in [5, 5.41) is 13.4. The summed E-state index contributed by atoms with van der Waals surface area (Å²) in [4.78, 5) is 11.0. The van der Waals surface area contributed by atoms with Crippen molar-refractivity contribution in [3.8, 4) is 0 Å². The molecule has 90 valence electrons. The Kier molecular flexibility index (Phi) is 5.33. The molecule has 1 saturated heterocycles. The Morgan fingerprint density at radius 3 is 2.40 bits per heavy atom. The van der Waals surface area contributed by atoms with Crippen LogP contribution in [0.3, 0.4) is 0 Å². The number of rotatable bonds is 3. The van der Waals surface area contributed by atoms with Gasteiger partial charge in [-0.15, -0.1) is 12.4 Å². The molecule has 1 unspecified atom stereocenters. The van der Waals surface area contributed by atoms with Crippen LogP contribution in [0.2, 0.25) is 0 Å². The number of halogens is 4. The molecule has 0 aromatic carbocycles. The summed E-state index contributed by atoms with van der Waals surface area (Å²) in [5.74, 6) is -0.720. The molecule has 1 rings (SSSR count). The van der Waals surface area contributed by atoms with Crippen LogP contribution in [0.4, 0.5) is 13.2 Å². The summed E-state index contributed by atoms with van der Waals surface area (Å²) in [6, 6.07) is 0. The molecule has 1 amide bonds. The molecule has 0 radical (unpaired) electrons. The summed E-state index contributed by atoms with van der Waals surface area (Å²) < 4.78 is 35.3. The van der Waals surface area contributed by atoms with Crippen LogP contribution in [0.25, 0.3) is 0 Å². The first-order valence-electron chi connectivity index (χ1n) is 4.14. The zero-order chi connectivity index (χ0) is 10.8. The highest BCUT2D eigenvalue weighted by molar-refractivity contribution is 5.85. The Labute approximate surface area is 90.6 Å². The van der Waals surface area contributed by atoms with Crippen LogP contribution in [0.1, 0.15) is 0 Å². The number of hydrogen-bond donors (Lipinski definition) is 3. The van der Waals surface area contributed by atoms with E-state index in [1.54, 1.807) is 0 Å². The minimum atomic E-state index is -4.68. The van der Waals surface area contributed by atoms with Gasteiger partial charge in [-0.2, -0.15) is 13.2 Å². The fourth-order valence-electron chi connectivity index (χ4n) is 0.931. The van der Waals surface area contributed by atoms with Crippen LogP contribution in [0, 0.1) is 5.92 Å². The predicted molar refractivity (Wildman–Crippen MR) is 48.7 cm³/mol. The Bertz CT molecular complexity index is 221. The van der Waals surface area contributed by atoms with E-state index in [1.165, 1.54) is 0 Å². The lowest BCUT2D eigenvalue weighted by atomic mass is 10.0. The molecular formula is C7H12ClF3N2O2. The predicted octanol–water partition coefficient (Wildman–Crippen LogP) is -0.333. The van der Waals surface area contributed by atoms with Gasteiger partial charge in [0, 0.05) is 13.1 Å². The van der Waals surface area contributed by atoms with Crippen molar-refractivity contribution < 1.29 is 23.1 Å². The van der Waals surface area contributed by atoms with Gasteiger partial charge >= 0.3 is 6.18 Å². The van der Waals surface area contributed by atoms with Crippen LogP contribution in [0.15, 0.2) is 0 Å². The number of carbonyl (C=O) groups excluding carboxylic acids is 1. The normalized spacial score (nSPS) is 18.7. The van der Waals surface area contributed by atoms with Gasteiger partial charge in [0.05, 0.1) is 12.5 Å². The van der Waals surface area contributed by atoms with Crippen molar-refractivity contribution in [2.24, 2.45) is 5.92 Å². The van der Waals surface area contributed by atoms with E-state index in [-0.39, 0.29) is 18.3 Å². The van der Waals surface area contributed by atoms with Crippen LogP contribution >= 0.6 is 12.4 Å². The largest absolute Gasteiger partial charge is 0.416 e. The van der Waals surface area contributed by atoms with Crippen molar-refractivity contribution in [3.05, 3.63) is 0 Å². The third-order valence-corrected chi connectivity index (χ3v) is 2.00. The molecule has 1 fully saturated rings. The Morgan fingerprint density at radius 2 is 2.07 bits per heavy atom. The first kappa shape index (κ1) is 14.5. The van der Waals surface area contributed by atoms with Gasteiger partial charge in [-0.25, -0.2) is 0 Å². The number of hydrogen-bond acceptors (Lipinski definition) is 3. The van der Waals surface area contributed by atoms with Crippen molar-refractivity contribution >= 4 is 18.3 Å². The number of aliphatic hydroxyl groups excluding tert-OH is 1. The maximum Gasteiger partial charge on any atom is 0.416 e. The van der Waals surface area contributed by atoms with Gasteiger partial charge in [-0.05, 0) is 0 Å². The van der Waals surface area contributed by atoms with Gasteiger partial charge in [-0.1, -0.05) is 0 Å². The van der Waals surface area contributed by atoms with E-state index >= 15 is 0 Å². The van der Waals surface area contributed by atoms with Gasteiger partial charge in [-0.3, -0.25) is 4.79 Å². The van der Waals surface area contributed by atoms with Gasteiger partial charge in [0.1, 0.15) is 0 Å². The molecule has 15 heavy (non-hydrogen) atoms. The lowest BCUT2D eigenvalue weighted by Crippen LogP contribution is -2.52. The van der Waals surface area contributed by atoms with Gasteiger partial charge in [0.25, 0.3) is 0 Å². The molecule has 4 nitrogen and oxygen atoms in total. The van der Waals surface area contributed by atoms with Gasteiger partial charge < -0.3 is 15.7 Å². The summed E-state index contributed by atoms with van der Waals surface area (Å²) in [6.45, 7) is 0.181. The summed E-state index contributed by atoms with van der Waals surface area (Å²) >= 11 is 0. The van der Waals surface area contributed by atoms with E-state index < -0.39 is 24.7 Å². The first-order chi connectivity index (χ1) is 6.41. The second-order valence-corrected chi connectivity index (χ2v) is 3.16. The minimum Gasteiger partial charge on any atom is -0.382 e. The third-order valence-electron chi connectivity index (χ3n) is 2.00. The quantitative estimate of drug-likeness (QED) is 0.641. The minimum absolute atomic E-state index is 0. The lowest BCUT2D eigenvalue weighted by molar-refractivity contribution is -0.202. The Morgan fingerprint density at radius 1 is 1.53 bits per heavy atom. The summed E-state index contributed by atoms with van der Waals surface area (Å²) in [5.41, 5.74) is 0. The standard InChI is InChI=1S/C7H11F3N2O2.ClH/c8-7(9,10)5(13)3-12-6(14)4-1-11-2-4;/h4-5,11,13H,1-3H2,(H,12,14);1H. The zero-order valence-corrected chi connectivity index (χ0v) is 8.49. The molecule has 3 N–H and O–H groups in total. The van der Waals surface area contributed by atoms with Crippen LogP contribution in [-0.2, 0) is 4.79 Å². The first-order valence-corrected chi connectivity index (χ1v) is 4.14. The van der Waals surface area contributed by atoms with Crippen molar-refractivity contribution in [2.75, 3.05) is 19.6 Å². The summed E-state index contributed by atoms with van der Waals surface area (Å²) in [6.07, 6.45) is -7.16. The zero-order valence-electron chi connectivity index (χ0n) is 7.67. The molecule has 0 bridgehead atoms. The third kappa shape index (κ3) is 4.23. The van der Waals surface area contributed by atoms with Gasteiger partial charge in [0.2, 0.25) is 5.91 Å². The fourth-order valence-corrected chi connectivity index (χ4v) is 0.931. The van der Waals surface area contributed by atoms with Crippen LogP contribution in [0.5, 0.6) is 0 Å². The highest BCUT2D eigenvalue weighted by Crippen LogP contribution is 2.19. The second-order valence-electron chi connectivity index (χ2n) is 3.16. The number of amides is 1. The van der Waals surface area contributed by atoms with Crippen molar-refractivity contribution in [2.45, 2.75) is 12.3 Å². The van der Waals surface area contributed by atoms with E-state index in [0.29, 0.717) is 13.1 Å². The fraction of sp³-hybridized carbons (Fsp3) is 0.857. The number of alkyl halides is 3. The monoisotopic (exact) mass is 248 g/mol. The number of aliphatic hydroxyl groups is 1. The molecule has 1 aliphatic heterocycles. The smallest absolute Gasteiger partial charge is 0.382 e. The molecular weight excluding hydrogens is 237 g/mol. The highest BCUT2D eigenvalue weighted by atomic mass is 35.5. The molecule has 1 atom stereocenters. The van der Waals surface area contributed by atoms with Crippen molar-refractivity contribution in [1.82, 2.24) is 10.6 Å². The molecule has 1 heterocycles. The van der Waals surface area contributed by atoms with Crippen LogP contribution in [-0.4, -0.2) is 42.9 Å². The van der Waals surface area contributed by atoms with E-state index in [2.05, 4.69) is 5.32 Å². The molecule has 0 aromatic rings. The van der Waals surface area contributed by atoms with Gasteiger partial charge in [0.15, 0.2) is 6.10 Å². The second kappa shape index (κ2) is 5.53. The van der Waals surface area contributed by atoms with E-state index in [0.717, 1.165) is 0 Å². The molecule has 1 aliphatic rings. The summed E-state index contributed by atoms with van der Waals surface area (Å²) in [7, 11) is 0. The molecule has 8 heteroatoms. The molecule has 0 aliphatic carbocycles. The Balaban J connectivity index is 0.00000196. The molecule has 0 saturated carbocycles. The van der Waals surface area contributed by atoms with E-state index in [4.69, 9.17) is 5.11 Å². The maximum absolute atomic E-state index is 11.8. The average Bonchev–Trinajstić information content (AvgIpc) is 1.94. The molecule has 0 aromatic heterocycles.